The zero-order chi connectivity index (χ0) is 37.3. The first-order valence-electron chi connectivity index (χ1n) is 20.6. The maximum atomic E-state index is 12.7. The second kappa shape index (κ2) is 39.6. The van der Waals surface area contributed by atoms with E-state index in [4.69, 9.17) is 9.84 Å². The quantitative estimate of drug-likeness (QED) is 0.0384. The summed E-state index contributed by atoms with van der Waals surface area (Å²) in [5.74, 6) is -1.33. The Kier molecular flexibility index (Phi) is 37.2. The summed E-state index contributed by atoms with van der Waals surface area (Å²) in [6.07, 6.45) is 53.1. The molecule has 51 heavy (non-hydrogen) atoms. The van der Waals surface area contributed by atoms with E-state index in [9.17, 15) is 14.4 Å². The van der Waals surface area contributed by atoms with E-state index in [1.807, 2.05) is 0 Å². The number of carboxylic acid groups (broad SMARTS) is 1. The largest absolute Gasteiger partial charge is 0.480 e. The van der Waals surface area contributed by atoms with Crippen LogP contribution in [-0.4, -0.2) is 35.6 Å². The predicted molar refractivity (Wildman–Crippen MR) is 217 cm³/mol. The Morgan fingerprint density at radius 1 is 0.529 bits per heavy atom. The lowest BCUT2D eigenvalue weighted by atomic mass is 10.0. The average Bonchev–Trinajstić information content (AvgIpc) is 3.11. The highest BCUT2D eigenvalue weighted by molar-refractivity contribution is 5.80. The molecule has 0 heterocycles. The average molecular weight is 710 g/mol. The van der Waals surface area contributed by atoms with Crippen molar-refractivity contribution in [2.24, 2.45) is 0 Å². The first kappa shape index (κ1) is 47.8. The Hall–Kier alpha value is -3.15. The van der Waals surface area contributed by atoms with E-state index >= 15 is 0 Å². The number of rotatable bonds is 36. The normalized spacial score (nSPS) is 12.8. The Labute approximate surface area is 313 Å². The van der Waals surface area contributed by atoms with Gasteiger partial charge in [-0.2, -0.15) is 0 Å². The summed E-state index contributed by atoms with van der Waals surface area (Å²) in [5, 5.41) is 11.1. The number of allylic oxidation sites excluding steroid dienone is 12. The van der Waals surface area contributed by atoms with Gasteiger partial charge in [0.05, 0.1) is 0 Å². The molecule has 1 unspecified atom stereocenters. The second-order valence-corrected chi connectivity index (χ2v) is 13.5. The molecule has 0 aromatic heterocycles. The fourth-order valence-electron chi connectivity index (χ4n) is 5.66. The summed E-state index contributed by atoms with van der Waals surface area (Å²) in [4.78, 5) is 34.9. The third-order valence-electron chi connectivity index (χ3n) is 8.66. The van der Waals surface area contributed by atoms with E-state index in [0.29, 0.717) is 19.3 Å². The molecule has 0 aliphatic heterocycles. The Morgan fingerprint density at radius 2 is 0.941 bits per heavy atom. The molecule has 0 bridgehead atoms. The minimum Gasteiger partial charge on any atom is -0.480 e. The monoisotopic (exact) mass is 710 g/mol. The van der Waals surface area contributed by atoms with Crippen LogP contribution in [0.3, 0.4) is 0 Å². The van der Waals surface area contributed by atoms with E-state index in [-0.39, 0.29) is 24.5 Å². The van der Waals surface area contributed by atoms with Crippen LogP contribution in [0.5, 0.6) is 0 Å². The van der Waals surface area contributed by atoms with E-state index in [2.05, 4.69) is 92.1 Å². The number of aliphatic carboxylic acids is 1. The van der Waals surface area contributed by atoms with Gasteiger partial charge in [0.2, 0.25) is 5.91 Å². The minimum absolute atomic E-state index is 0.0152. The van der Waals surface area contributed by atoms with Crippen LogP contribution in [0, 0.1) is 0 Å². The molecule has 0 aromatic rings. The highest BCUT2D eigenvalue weighted by Crippen LogP contribution is 2.18. The number of ether oxygens (including phenoxy) is 1. The molecule has 0 fully saturated rings. The number of hydrogen-bond acceptors (Lipinski definition) is 4. The van der Waals surface area contributed by atoms with Crippen molar-refractivity contribution in [2.45, 2.75) is 187 Å². The molecular formula is C45H75NO5. The standard InChI is InChI=1S/C45H75NO5/c1-3-5-7-9-11-13-15-16-17-18-19-20-21-22-23-25-27-32-36-40-45(50)51-42(37-33-29-26-24-14-12-10-8-6-4-2)38-34-30-28-31-35-39-43(47)46-41-44(48)49/h5,7,11,13,16-17,19-20,22-23,27,32,42H,3-4,6,8-10,12,14-15,18,21,24-26,28-31,33-41H2,1-2H3,(H,46,47)(H,48,49)/b7-5-,13-11-,17-16-,20-19-,23-22-,32-27-. The third kappa shape index (κ3) is 39.5. The van der Waals surface area contributed by atoms with Crippen LogP contribution in [0.2, 0.25) is 0 Å². The van der Waals surface area contributed by atoms with E-state index in [0.717, 1.165) is 89.9 Å². The molecule has 0 aliphatic carbocycles. The fraction of sp³-hybridized carbons (Fsp3) is 0.667. The molecule has 290 valence electrons. The summed E-state index contributed by atoms with van der Waals surface area (Å²) < 4.78 is 5.97. The Morgan fingerprint density at radius 3 is 1.39 bits per heavy atom. The molecule has 0 rings (SSSR count). The number of esters is 1. The maximum Gasteiger partial charge on any atom is 0.322 e. The van der Waals surface area contributed by atoms with Gasteiger partial charge in [0.1, 0.15) is 12.6 Å². The van der Waals surface area contributed by atoms with E-state index < -0.39 is 5.97 Å². The number of carbonyl (C=O) groups excluding carboxylic acids is 2. The number of amides is 1. The lowest BCUT2D eigenvalue weighted by Gasteiger charge is -2.18. The topological polar surface area (TPSA) is 92.7 Å². The lowest BCUT2D eigenvalue weighted by Crippen LogP contribution is -2.28. The van der Waals surface area contributed by atoms with Crippen molar-refractivity contribution in [3.05, 3.63) is 72.9 Å². The molecule has 6 heteroatoms. The van der Waals surface area contributed by atoms with Crippen molar-refractivity contribution < 1.29 is 24.2 Å². The summed E-state index contributed by atoms with van der Waals surface area (Å²) in [7, 11) is 0. The molecule has 0 aliphatic rings. The molecular weight excluding hydrogens is 634 g/mol. The van der Waals surface area contributed by atoms with Crippen LogP contribution in [0.25, 0.3) is 0 Å². The van der Waals surface area contributed by atoms with Crippen molar-refractivity contribution in [3.8, 4) is 0 Å². The number of unbranched alkanes of at least 4 members (excludes halogenated alkanes) is 13. The molecule has 0 saturated heterocycles. The first-order chi connectivity index (χ1) is 25.0. The maximum absolute atomic E-state index is 12.7. The summed E-state index contributed by atoms with van der Waals surface area (Å²) >= 11 is 0. The van der Waals surface area contributed by atoms with Gasteiger partial charge < -0.3 is 15.2 Å². The molecule has 2 N–H and O–H groups in total. The van der Waals surface area contributed by atoms with Crippen LogP contribution in [0.4, 0.5) is 0 Å². The molecule has 1 amide bonds. The van der Waals surface area contributed by atoms with Gasteiger partial charge in [0.25, 0.3) is 0 Å². The van der Waals surface area contributed by atoms with Crippen LogP contribution in [0.15, 0.2) is 72.9 Å². The van der Waals surface area contributed by atoms with Gasteiger partial charge in [-0.3, -0.25) is 14.4 Å². The molecule has 6 nitrogen and oxygen atoms in total. The second-order valence-electron chi connectivity index (χ2n) is 13.5. The van der Waals surface area contributed by atoms with Crippen LogP contribution in [0.1, 0.15) is 181 Å². The highest BCUT2D eigenvalue weighted by Gasteiger charge is 2.14. The van der Waals surface area contributed by atoms with Gasteiger partial charge >= 0.3 is 11.9 Å². The molecule has 0 aromatic carbocycles. The van der Waals surface area contributed by atoms with Crippen molar-refractivity contribution in [2.75, 3.05) is 6.54 Å². The van der Waals surface area contributed by atoms with Crippen LogP contribution < -0.4 is 5.32 Å². The third-order valence-corrected chi connectivity index (χ3v) is 8.66. The van der Waals surface area contributed by atoms with Crippen molar-refractivity contribution in [1.29, 1.82) is 0 Å². The highest BCUT2D eigenvalue weighted by atomic mass is 16.5. The van der Waals surface area contributed by atoms with Crippen LogP contribution >= 0.6 is 0 Å². The smallest absolute Gasteiger partial charge is 0.322 e. The van der Waals surface area contributed by atoms with Crippen molar-refractivity contribution >= 4 is 17.8 Å². The number of nitrogens with one attached hydrogen (secondary N) is 1. The minimum atomic E-state index is -1.02. The zero-order valence-corrected chi connectivity index (χ0v) is 32.7. The molecule has 0 radical (unpaired) electrons. The molecule has 1 atom stereocenters. The van der Waals surface area contributed by atoms with Gasteiger partial charge in [-0.15, -0.1) is 0 Å². The van der Waals surface area contributed by atoms with Crippen molar-refractivity contribution in [3.63, 3.8) is 0 Å². The van der Waals surface area contributed by atoms with Gasteiger partial charge in [0, 0.05) is 12.8 Å². The zero-order valence-electron chi connectivity index (χ0n) is 32.7. The summed E-state index contributed by atoms with van der Waals surface area (Å²) in [5.41, 5.74) is 0. The van der Waals surface area contributed by atoms with E-state index in [1.165, 1.54) is 57.8 Å². The summed E-state index contributed by atoms with van der Waals surface area (Å²) in [6, 6.07) is 0. The first-order valence-corrected chi connectivity index (χ1v) is 20.6. The predicted octanol–water partition coefficient (Wildman–Crippen LogP) is 12.6. The summed E-state index contributed by atoms with van der Waals surface area (Å²) in [6.45, 7) is 4.09. The number of carboxylic acids is 1. The number of carbonyl (C=O) groups is 3. The van der Waals surface area contributed by atoms with Crippen LogP contribution in [-0.2, 0) is 19.1 Å². The Balaban J connectivity index is 4.29. The van der Waals surface area contributed by atoms with Crippen molar-refractivity contribution in [1.82, 2.24) is 5.32 Å². The Bertz CT molecular complexity index is 1010. The van der Waals surface area contributed by atoms with E-state index in [1.54, 1.807) is 0 Å². The van der Waals surface area contributed by atoms with Gasteiger partial charge in [-0.25, -0.2) is 0 Å². The molecule has 0 saturated carbocycles. The lowest BCUT2D eigenvalue weighted by molar-refractivity contribution is -0.149. The number of hydrogen-bond donors (Lipinski definition) is 2. The fourth-order valence-corrected chi connectivity index (χ4v) is 5.66. The van der Waals surface area contributed by atoms with Gasteiger partial charge in [-0.1, -0.05) is 164 Å². The van der Waals surface area contributed by atoms with Gasteiger partial charge in [-0.05, 0) is 77.0 Å². The van der Waals surface area contributed by atoms with Gasteiger partial charge in [0.15, 0.2) is 0 Å². The molecule has 0 spiro atoms. The SMILES string of the molecule is CC/C=C\C/C=C\C/C=C\C/C=C\C/C=C\C/C=C\CCC(=O)OC(CCCCCCCCCCCC)CCCCCCCC(=O)NCC(=O)O.